The average Bonchev–Trinajstić information content (AvgIpc) is 3.13. The Balaban J connectivity index is 2.09. The molecule has 2 rings (SSSR count). The molecule has 1 aliphatic rings. The summed E-state index contributed by atoms with van der Waals surface area (Å²) < 4.78 is 26.5. The fraction of sp³-hybridized carbons (Fsp3) is 0.615. The predicted octanol–water partition coefficient (Wildman–Crippen LogP) is 0.872. The smallest absolute Gasteiger partial charge is 0.262 e. The zero-order valence-corrected chi connectivity index (χ0v) is 13.7. The van der Waals surface area contributed by atoms with Crippen LogP contribution >= 0.6 is 11.3 Å². The summed E-state index contributed by atoms with van der Waals surface area (Å²) in [6, 6.07) is 1.53. The van der Waals surface area contributed by atoms with Crippen LogP contribution in [-0.2, 0) is 10.0 Å². The first-order chi connectivity index (χ1) is 10.1. The van der Waals surface area contributed by atoms with Gasteiger partial charge in [0.05, 0.1) is 0 Å². The molecule has 0 atom stereocenters. The largest absolute Gasteiger partial charge is 0.350 e. The van der Waals surface area contributed by atoms with Crippen LogP contribution in [0.3, 0.4) is 0 Å². The second-order valence-electron chi connectivity index (χ2n) is 4.83. The highest BCUT2D eigenvalue weighted by atomic mass is 32.2. The number of hydrogen-bond donors (Lipinski definition) is 2. The number of amides is 1. The molecule has 0 bridgehead atoms. The zero-order chi connectivity index (χ0) is 15.3. The van der Waals surface area contributed by atoms with Crippen molar-refractivity contribution in [3.8, 4) is 0 Å². The lowest BCUT2D eigenvalue weighted by Crippen LogP contribution is -2.33. The minimum Gasteiger partial charge on any atom is -0.350 e. The number of rotatable bonds is 7. The van der Waals surface area contributed by atoms with Crippen LogP contribution < -0.4 is 10.6 Å². The van der Waals surface area contributed by atoms with Crippen LogP contribution in [-0.4, -0.2) is 51.4 Å². The van der Waals surface area contributed by atoms with Crippen LogP contribution in [0, 0.1) is 0 Å². The van der Waals surface area contributed by atoms with E-state index in [9.17, 15) is 13.2 Å². The van der Waals surface area contributed by atoms with Gasteiger partial charge in [-0.3, -0.25) is 4.79 Å². The number of carbonyl (C=O) groups excluding carboxylic acids is 1. The number of thiophene rings is 1. The van der Waals surface area contributed by atoms with Crippen molar-refractivity contribution in [1.29, 1.82) is 0 Å². The number of sulfonamides is 1. The molecule has 1 fully saturated rings. The molecule has 1 aliphatic heterocycles. The van der Waals surface area contributed by atoms with Gasteiger partial charge in [0.15, 0.2) is 0 Å². The molecule has 1 aromatic rings. The van der Waals surface area contributed by atoms with Crippen molar-refractivity contribution in [2.75, 3.05) is 32.7 Å². The average molecular weight is 331 g/mol. The SMILES string of the molecule is CCNCCNC(=O)c1sccc1S(=O)(=O)N1CCCC1. The first-order valence-corrected chi connectivity index (χ1v) is 9.46. The van der Waals surface area contributed by atoms with Gasteiger partial charge in [-0.1, -0.05) is 6.92 Å². The molecule has 0 unspecified atom stereocenters. The topological polar surface area (TPSA) is 78.5 Å². The molecule has 2 heterocycles. The fourth-order valence-corrected chi connectivity index (χ4v) is 5.09. The van der Waals surface area contributed by atoms with Crippen molar-refractivity contribution >= 4 is 27.3 Å². The maximum atomic E-state index is 12.5. The number of likely N-dealkylation sites (N-methyl/N-ethyl adjacent to an activating group) is 1. The first kappa shape index (κ1) is 16.4. The van der Waals surface area contributed by atoms with Crippen LogP contribution in [0.5, 0.6) is 0 Å². The molecule has 6 nitrogen and oxygen atoms in total. The lowest BCUT2D eigenvalue weighted by Gasteiger charge is -2.15. The molecule has 0 aromatic carbocycles. The Kier molecular flexibility index (Phi) is 5.74. The van der Waals surface area contributed by atoms with E-state index in [0.29, 0.717) is 26.2 Å². The Morgan fingerprint density at radius 2 is 2.05 bits per heavy atom. The van der Waals surface area contributed by atoms with E-state index in [2.05, 4.69) is 10.6 Å². The first-order valence-electron chi connectivity index (χ1n) is 7.14. The highest BCUT2D eigenvalue weighted by Crippen LogP contribution is 2.27. The summed E-state index contributed by atoms with van der Waals surface area (Å²) in [4.78, 5) is 12.6. The summed E-state index contributed by atoms with van der Waals surface area (Å²) in [5.74, 6) is -0.319. The number of carbonyl (C=O) groups is 1. The van der Waals surface area contributed by atoms with Crippen molar-refractivity contribution in [3.05, 3.63) is 16.3 Å². The molecule has 2 N–H and O–H groups in total. The van der Waals surface area contributed by atoms with Crippen molar-refractivity contribution in [3.63, 3.8) is 0 Å². The van der Waals surface area contributed by atoms with Crippen LogP contribution in [0.4, 0.5) is 0 Å². The van der Waals surface area contributed by atoms with E-state index >= 15 is 0 Å². The Hall–Kier alpha value is -0.960. The highest BCUT2D eigenvalue weighted by molar-refractivity contribution is 7.89. The van der Waals surface area contributed by atoms with Gasteiger partial charge in [-0.05, 0) is 30.8 Å². The van der Waals surface area contributed by atoms with E-state index in [4.69, 9.17) is 0 Å². The fourth-order valence-electron chi connectivity index (χ4n) is 2.26. The monoisotopic (exact) mass is 331 g/mol. The van der Waals surface area contributed by atoms with Gasteiger partial charge in [0.1, 0.15) is 9.77 Å². The van der Waals surface area contributed by atoms with E-state index < -0.39 is 10.0 Å². The van der Waals surface area contributed by atoms with Gasteiger partial charge < -0.3 is 10.6 Å². The summed E-state index contributed by atoms with van der Waals surface area (Å²) in [7, 11) is -3.54. The Bertz CT molecular complexity index is 577. The third kappa shape index (κ3) is 3.82. The summed E-state index contributed by atoms with van der Waals surface area (Å²) in [6.45, 7) is 5.06. The van der Waals surface area contributed by atoms with Crippen molar-refractivity contribution in [2.24, 2.45) is 0 Å². The Labute approximate surface area is 129 Å². The van der Waals surface area contributed by atoms with Crippen molar-refractivity contribution < 1.29 is 13.2 Å². The molecule has 0 saturated carbocycles. The molecule has 118 valence electrons. The van der Waals surface area contributed by atoms with Gasteiger partial charge in [-0.2, -0.15) is 4.31 Å². The van der Waals surface area contributed by atoms with Crippen molar-refractivity contribution in [2.45, 2.75) is 24.7 Å². The molecule has 8 heteroatoms. The van der Waals surface area contributed by atoms with Gasteiger partial charge >= 0.3 is 0 Å². The Morgan fingerprint density at radius 1 is 1.33 bits per heavy atom. The minimum absolute atomic E-state index is 0.135. The van der Waals surface area contributed by atoms with Gasteiger partial charge in [0, 0.05) is 26.2 Å². The molecule has 1 amide bonds. The van der Waals surface area contributed by atoms with Crippen LogP contribution in [0.15, 0.2) is 16.3 Å². The van der Waals surface area contributed by atoms with E-state index in [0.717, 1.165) is 19.4 Å². The normalized spacial score (nSPS) is 16.2. The summed E-state index contributed by atoms with van der Waals surface area (Å²) >= 11 is 1.17. The lowest BCUT2D eigenvalue weighted by molar-refractivity contribution is 0.0955. The van der Waals surface area contributed by atoms with E-state index in [-0.39, 0.29) is 15.7 Å². The van der Waals surface area contributed by atoms with Crippen LogP contribution in [0.2, 0.25) is 0 Å². The Morgan fingerprint density at radius 3 is 2.71 bits per heavy atom. The summed E-state index contributed by atoms with van der Waals surface area (Å²) in [5, 5.41) is 7.50. The number of nitrogens with one attached hydrogen (secondary N) is 2. The number of hydrogen-bond acceptors (Lipinski definition) is 5. The van der Waals surface area contributed by atoms with Crippen molar-refractivity contribution in [1.82, 2.24) is 14.9 Å². The minimum atomic E-state index is -3.54. The van der Waals surface area contributed by atoms with Gasteiger partial charge in [-0.25, -0.2) is 8.42 Å². The second kappa shape index (κ2) is 7.35. The molecule has 0 aliphatic carbocycles. The molecule has 1 aromatic heterocycles. The molecule has 1 saturated heterocycles. The highest BCUT2D eigenvalue weighted by Gasteiger charge is 2.31. The standard InChI is InChI=1S/C13H21N3O3S2/c1-2-14-6-7-15-13(17)12-11(5-10-20-12)21(18,19)16-8-3-4-9-16/h5,10,14H,2-4,6-9H2,1H3,(H,15,17). The predicted molar refractivity (Wildman–Crippen MR) is 83.2 cm³/mol. The third-order valence-electron chi connectivity index (χ3n) is 3.36. The lowest BCUT2D eigenvalue weighted by atomic mass is 10.4. The molecule has 0 radical (unpaired) electrons. The van der Waals surface area contributed by atoms with Gasteiger partial charge in [-0.15, -0.1) is 11.3 Å². The van der Waals surface area contributed by atoms with Crippen LogP contribution in [0.25, 0.3) is 0 Å². The number of nitrogens with zero attached hydrogens (tertiary/aromatic N) is 1. The zero-order valence-electron chi connectivity index (χ0n) is 12.1. The molecule has 21 heavy (non-hydrogen) atoms. The van der Waals surface area contributed by atoms with E-state index in [1.807, 2.05) is 6.92 Å². The van der Waals surface area contributed by atoms with E-state index in [1.165, 1.54) is 21.7 Å². The van der Waals surface area contributed by atoms with Gasteiger partial charge in [0.25, 0.3) is 5.91 Å². The van der Waals surface area contributed by atoms with Crippen LogP contribution in [0.1, 0.15) is 29.4 Å². The third-order valence-corrected chi connectivity index (χ3v) is 6.34. The maximum absolute atomic E-state index is 12.5. The van der Waals surface area contributed by atoms with E-state index in [1.54, 1.807) is 5.38 Å². The summed E-state index contributed by atoms with van der Waals surface area (Å²) in [6.07, 6.45) is 1.77. The maximum Gasteiger partial charge on any atom is 0.262 e. The second-order valence-corrected chi connectivity index (χ2v) is 7.66. The quantitative estimate of drug-likeness (QED) is 0.727. The molecular formula is C13H21N3O3S2. The molecular weight excluding hydrogens is 310 g/mol. The summed E-state index contributed by atoms with van der Waals surface area (Å²) in [5.41, 5.74) is 0. The van der Waals surface area contributed by atoms with Gasteiger partial charge in [0.2, 0.25) is 10.0 Å². The molecule has 0 spiro atoms.